The molecule has 0 atom stereocenters. The predicted octanol–water partition coefficient (Wildman–Crippen LogP) is 19.3. The van der Waals surface area contributed by atoms with Crippen LogP contribution in [0.2, 0.25) is 0 Å². The summed E-state index contributed by atoms with van der Waals surface area (Å²) in [7, 11) is 0. The fraction of sp³-hybridized carbons (Fsp3) is 0. The van der Waals surface area contributed by atoms with Crippen molar-refractivity contribution in [2.75, 3.05) is 0 Å². The summed E-state index contributed by atoms with van der Waals surface area (Å²) >= 11 is 0. The van der Waals surface area contributed by atoms with Crippen LogP contribution in [0.4, 0.5) is 0 Å². The Labute approximate surface area is 501 Å². The molecule has 12 aromatic carbocycles. The number of fused-ring (bicyclic) bond motifs is 16. The van der Waals surface area contributed by atoms with Crippen molar-refractivity contribution < 1.29 is 23.0 Å². The van der Waals surface area contributed by atoms with Gasteiger partial charge in [-0.1, -0.05) is 218 Å². The van der Waals surface area contributed by atoms with E-state index < -0.39 is 60.4 Å². The van der Waals surface area contributed by atoms with Gasteiger partial charge in [0.2, 0.25) is 0 Å². The molecule has 0 N–H and O–H groups in total. The Morgan fingerprint density at radius 1 is 0.376 bits per heavy atom. The Morgan fingerprint density at radius 3 is 1.47 bits per heavy atom. The lowest BCUT2D eigenvalue weighted by atomic mass is 9.95. The highest BCUT2D eigenvalue weighted by molar-refractivity contribution is 6.25. The number of aromatic nitrogens is 6. The summed E-state index contributed by atoms with van der Waals surface area (Å²) in [6.07, 6.45) is 5.53. The smallest absolute Gasteiger partial charge is 0.269 e. The molecule has 18 rings (SSSR count). The summed E-state index contributed by atoms with van der Waals surface area (Å²) in [4.78, 5) is 5.49. The van der Waals surface area contributed by atoms with Gasteiger partial charge in [-0.15, -0.1) is 0 Å². The average molecular weight is 1100 g/mol. The summed E-state index contributed by atoms with van der Waals surface area (Å²) in [5.74, 6) is 1.74. The van der Waals surface area contributed by atoms with Gasteiger partial charge in [-0.25, -0.2) is 4.98 Å². The van der Waals surface area contributed by atoms with Gasteiger partial charge in [0, 0.05) is 72.2 Å². The highest BCUT2D eigenvalue weighted by atomic mass is 16.5. The molecule has 396 valence electrons. The predicted molar refractivity (Wildman–Crippen MR) is 349 cm³/mol. The second kappa shape index (κ2) is 18.5. The van der Waals surface area contributed by atoms with Crippen molar-refractivity contribution in [1.29, 1.82) is 0 Å². The van der Waals surface area contributed by atoms with E-state index in [9.17, 15) is 0 Å². The molecular formula is C78H48N6O. The van der Waals surface area contributed by atoms with Crippen LogP contribution in [0.5, 0.6) is 11.5 Å². The fourth-order valence-electron chi connectivity index (χ4n) is 13.3. The number of rotatable bonds is 7. The van der Waals surface area contributed by atoms with Gasteiger partial charge < -0.3 is 13.5 Å². The number of pyridine rings is 1. The molecule has 0 saturated carbocycles. The maximum absolute atomic E-state index is 9.15. The van der Waals surface area contributed by atoms with Crippen LogP contribution in [0, 0.1) is 6.33 Å². The molecule has 18 aromatic rings. The van der Waals surface area contributed by atoms with Crippen molar-refractivity contribution in [3.63, 3.8) is 0 Å². The van der Waals surface area contributed by atoms with E-state index in [1.165, 1.54) is 10.8 Å². The highest BCUT2D eigenvalue weighted by Crippen LogP contribution is 2.43. The number of hydrogen-bond acceptors (Lipinski definition) is 2. The Balaban J connectivity index is 0.828. The zero-order valence-electron chi connectivity index (χ0n) is 55.0. The third kappa shape index (κ3) is 7.08. The standard InChI is InChI=1S/C78H48N6O/c1-3-21-50(22-4-1)55-31-18-32-56(51-23-5-2-6-24-51)76(55)81-49-80(71-41-15-16-42-72(71)81)52-25-17-26-53(45-52)85-54-43-44-61-57-27-7-11-37-67(57)82(73(61)46-54)75-47-74-66(48-79-75)60-30-10-14-40-70(60)83-68-38-12-8-28-58(68)62-33-19-35-64(77(62)83)65-36-20-34-63-59-29-9-13-39-69(59)84(74)78(63)65/h1-48H/i1D,2D,3D,4D,5D,6D,21D,22D,23D,24D. The number of benzene rings is 12. The molecular weight excluding hydrogens is 1040 g/mol. The van der Waals surface area contributed by atoms with Crippen LogP contribution in [0.15, 0.2) is 291 Å². The number of hydrogen-bond donors (Lipinski definition) is 0. The van der Waals surface area contributed by atoms with Crippen LogP contribution < -0.4 is 9.30 Å². The van der Waals surface area contributed by atoms with Gasteiger partial charge in [-0.05, 0) is 76.9 Å². The third-order valence-corrected chi connectivity index (χ3v) is 16.8. The lowest BCUT2D eigenvalue weighted by Gasteiger charge is -2.17. The van der Waals surface area contributed by atoms with Gasteiger partial charge in [0.25, 0.3) is 6.33 Å². The Morgan fingerprint density at radius 2 is 0.847 bits per heavy atom. The average Bonchev–Trinajstić information content (AvgIpc) is 1.59. The van der Waals surface area contributed by atoms with E-state index in [1.54, 1.807) is 22.8 Å². The molecule has 0 spiro atoms. The van der Waals surface area contributed by atoms with Gasteiger partial charge in [-0.3, -0.25) is 13.7 Å². The summed E-state index contributed by atoms with van der Waals surface area (Å²) in [5, 5.41) is 10.9. The van der Waals surface area contributed by atoms with Crippen LogP contribution >= 0.6 is 0 Å². The summed E-state index contributed by atoms with van der Waals surface area (Å²) < 4.78 is 106. The zero-order chi connectivity index (χ0) is 64.4. The normalized spacial score (nSPS) is 13.6. The van der Waals surface area contributed by atoms with Crippen molar-refractivity contribution >= 4 is 109 Å². The molecule has 7 heteroatoms. The highest BCUT2D eigenvalue weighted by Gasteiger charge is 2.23. The topological polar surface area (TPSA) is 44.7 Å². The number of nitrogens with zero attached hydrogens (tertiary/aromatic N) is 6. The molecule has 85 heavy (non-hydrogen) atoms. The lowest BCUT2D eigenvalue weighted by molar-refractivity contribution is -0.572. The molecule has 0 radical (unpaired) electrons. The summed E-state index contributed by atoms with van der Waals surface area (Å²) in [6, 6.07) is 70.4. The summed E-state index contributed by atoms with van der Waals surface area (Å²) in [6.45, 7) is 0. The van der Waals surface area contributed by atoms with Crippen LogP contribution in [0.1, 0.15) is 13.7 Å². The number of ether oxygens (including phenoxy) is 1. The van der Waals surface area contributed by atoms with Gasteiger partial charge in [0.05, 0.1) is 80.2 Å². The van der Waals surface area contributed by atoms with Crippen molar-refractivity contribution in [2.45, 2.75) is 0 Å². The van der Waals surface area contributed by atoms with Crippen LogP contribution in [-0.4, -0.2) is 22.9 Å². The Hall–Kier alpha value is -11.5. The first-order valence-corrected chi connectivity index (χ1v) is 28.0. The second-order valence-electron chi connectivity index (χ2n) is 21.3. The van der Waals surface area contributed by atoms with Crippen LogP contribution in [-0.2, 0) is 0 Å². The van der Waals surface area contributed by atoms with Gasteiger partial charge in [0.15, 0.2) is 0 Å². The first-order valence-electron chi connectivity index (χ1n) is 33.0. The van der Waals surface area contributed by atoms with E-state index >= 15 is 0 Å². The molecule has 0 aliphatic carbocycles. The molecule has 0 unspecified atom stereocenters. The minimum absolute atomic E-state index is 0.139. The van der Waals surface area contributed by atoms with Crippen LogP contribution in [0.25, 0.3) is 148 Å². The molecule has 0 amide bonds. The van der Waals surface area contributed by atoms with Crippen molar-refractivity contribution in [1.82, 2.24) is 22.9 Å². The molecule has 0 aliphatic rings. The SMILES string of the molecule is [2H]c1c([2H])c([2H])c(-c2cccc(-c3c([2H])c([2H])c([2H])c([2H])c3[2H])c2-n2[c-][n+](-c3cccc(Oc4ccc5c6ccccc6n(-c6cc7c(cn6)c6ccccc6n6c8ccccc8c8cccc(c9cccc%10c%11ccccc%11n7c%109)c86)c5c4)c3)c3ccccc32)c([2H])c1[2H]. The number of imidazole rings is 1. The molecule has 7 nitrogen and oxygen atoms in total. The van der Waals surface area contributed by atoms with E-state index in [2.05, 4.69) is 159 Å². The van der Waals surface area contributed by atoms with Crippen molar-refractivity contribution in [3.05, 3.63) is 297 Å². The molecule has 6 heterocycles. The first-order chi connectivity index (χ1) is 46.3. The fourth-order valence-corrected chi connectivity index (χ4v) is 13.3. The van der Waals surface area contributed by atoms with Crippen molar-refractivity contribution in [2.24, 2.45) is 0 Å². The Bertz CT molecular complexity index is 6340. The van der Waals surface area contributed by atoms with E-state index in [1.807, 2.05) is 77.5 Å². The van der Waals surface area contributed by atoms with E-state index in [-0.39, 0.29) is 27.9 Å². The molecule has 0 bridgehead atoms. The molecule has 0 saturated heterocycles. The maximum Gasteiger partial charge on any atom is 0.269 e. The molecule has 0 fully saturated rings. The van der Waals surface area contributed by atoms with E-state index in [0.717, 1.165) is 87.2 Å². The monoisotopic (exact) mass is 1090 g/mol. The third-order valence-electron chi connectivity index (χ3n) is 16.8. The van der Waals surface area contributed by atoms with Gasteiger partial charge >= 0.3 is 0 Å². The molecule has 6 aromatic heterocycles. The quantitative estimate of drug-likeness (QED) is 0.118. The van der Waals surface area contributed by atoms with Crippen molar-refractivity contribution in [3.8, 4) is 50.9 Å². The largest absolute Gasteiger partial charge is 0.458 e. The first kappa shape index (κ1) is 38.2. The van der Waals surface area contributed by atoms with E-state index in [4.69, 9.17) is 23.4 Å². The van der Waals surface area contributed by atoms with Gasteiger partial charge in [0.1, 0.15) is 17.3 Å². The maximum atomic E-state index is 9.15. The number of para-hydroxylation sites is 9. The minimum atomic E-state index is -0.574. The second-order valence-corrected chi connectivity index (χ2v) is 21.3. The van der Waals surface area contributed by atoms with Gasteiger partial charge in [-0.2, -0.15) is 0 Å². The lowest BCUT2D eigenvalue weighted by Crippen LogP contribution is -2.29. The zero-order valence-corrected chi connectivity index (χ0v) is 45.0. The minimum Gasteiger partial charge on any atom is -0.458 e. The Kier molecular flexibility index (Phi) is 8.31. The molecule has 0 aliphatic heterocycles. The summed E-state index contributed by atoms with van der Waals surface area (Å²) in [5.41, 5.74) is 10.2. The van der Waals surface area contributed by atoms with Crippen LogP contribution in [0.3, 0.4) is 0 Å². The van der Waals surface area contributed by atoms with E-state index in [0.29, 0.717) is 34.0 Å².